The van der Waals surface area contributed by atoms with Crippen molar-refractivity contribution in [3.05, 3.63) is 11.6 Å². The molecule has 1 aliphatic heterocycles. The first-order chi connectivity index (χ1) is 9.70. The van der Waals surface area contributed by atoms with E-state index in [9.17, 15) is 4.79 Å². The number of hydrogen-bond donors (Lipinski definition) is 0. The highest BCUT2D eigenvalue weighted by molar-refractivity contribution is 5.66. The Balaban J connectivity index is 2.32. The third-order valence-corrected chi connectivity index (χ3v) is 6.08. The standard InChI is InChI=1S/C18H30O3/c1-7-14-10-20-11-16(14)18(6)9-15(21-13(3)19)8-17(4,5)12(18)2/h7,12,15-16H,8-11H2,1-6H3/b14-7-. The fraction of sp³-hybridized carbons (Fsp3) is 0.833. The number of ether oxygens (including phenoxy) is 2. The zero-order valence-corrected chi connectivity index (χ0v) is 14.4. The first-order valence-corrected chi connectivity index (χ1v) is 8.10. The fourth-order valence-electron chi connectivity index (χ4n) is 4.56. The van der Waals surface area contributed by atoms with Crippen LogP contribution < -0.4 is 0 Å². The second-order valence-electron chi connectivity index (χ2n) is 7.79. The highest BCUT2D eigenvalue weighted by Gasteiger charge is 2.53. The van der Waals surface area contributed by atoms with Gasteiger partial charge in [-0.25, -0.2) is 0 Å². The maximum absolute atomic E-state index is 11.4. The molecule has 4 atom stereocenters. The van der Waals surface area contributed by atoms with E-state index in [1.54, 1.807) is 0 Å². The molecule has 0 bridgehead atoms. The Morgan fingerprint density at radius 1 is 1.33 bits per heavy atom. The van der Waals surface area contributed by atoms with Gasteiger partial charge in [-0.3, -0.25) is 4.79 Å². The maximum Gasteiger partial charge on any atom is 0.302 e. The van der Waals surface area contributed by atoms with E-state index in [2.05, 4.69) is 40.7 Å². The Hall–Kier alpha value is -0.830. The van der Waals surface area contributed by atoms with Crippen LogP contribution in [0, 0.1) is 22.7 Å². The minimum atomic E-state index is -0.165. The van der Waals surface area contributed by atoms with Crippen molar-refractivity contribution in [3.8, 4) is 0 Å². The Morgan fingerprint density at radius 2 is 2.00 bits per heavy atom. The molecule has 1 saturated heterocycles. The summed E-state index contributed by atoms with van der Waals surface area (Å²) in [6.45, 7) is 14.5. The fourth-order valence-corrected chi connectivity index (χ4v) is 4.56. The van der Waals surface area contributed by atoms with Crippen LogP contribution in [0.2, 0.25) is 0 Å². The van der Waals surface area contributed by atoms with Crippen LogP contribution in [0.3, 0.4) is 0 Å². The number of carbonyl (C=O) groups is 1. The van der Waals surface area contributed by atoms with Gasteiger partial charge < -0.3 is 9.47 Å². The van der Waals surface area contributed by atoms with Crippen LogP contribution in [0.5, 0.6) is 0 Å². The molecule has 2 fully saturated rings. The van der Waals surface area contributed by atoms with Crippen LogP contribution in [0.1, 0.15) is 54.4 Å². The van der Waals surface area contributed by atoms with Crippen LogP contribution in [-0.2, 0) is 14.3 Å². The van der Waals surface area contributed by atoms with Crippen molar-refractivity contribution in [2.45, 2.75) is 60.5 Å². The lowest BCUT2D eigenvalue weighted by atomic mass is 9.51. The van der Waals surface area contributed by atoms with Gasteiger partial charge in [0.25, 0.3) is 0 Å². The van der Waals surface area contributed by atoms with Crippen molar-refractivity contribution in [2.24, 2.45) is 22.7 Å². The van der Waals surface area contributed by atoms with E-state index in [-0.39, 0.29) is 22.9 Å². The lowest BCUT2D eigenvalue weighted by molar-refractivity contribution is -0.159. The first kappa shape index (κ1) is 16.5. The van der Waals surface area contributed by atoms with Gasteiger partial charge in [-0.1, -0.05) is 33.8 Å². The number of rotatable bonds is 2. The summed E-state index contributed by atoms with van der Waals surface area (Å²) in [5.74, 6) is 0.829. The molecule has 3 nitrogen and oxygen atoms in total. The van der Waals surface area contributed by atoms with Crippen molar-refractivity contribution in [3.63, 3.8) is 0 Å². The quantitative estimate of drug-likeness (QED) is 0.571. The van der Waals surface area contributed by atoms with Gasteiger partial charge in [-0.15, -0.1) is 0 Å². The van der Waals surface area contributed by atoms with Gasteiger partial charge >= 0.3 is 5.97 Å². The molecule has 0 aromatic rings. The minimum absolute atomic E-state index is 0.0254. The summed E-state index contributed by atoms with van der Waals surface area (Å²) < 4.78 is 11.3. The number of carbonyl (C=O) groups excluding carboxylic acids is 1. The van der Waals surface area contributed by atoms with Gasteiger partial charge in [0.1, 0.15) is 6.10 Å². The van der Waals surface area contributed by atoms with E-state index < -0.39 is 0 Å². The van der Waals surface area contributed by atoms with Gasteiger partial charge in [-0.2, -0.15) is 0 Å². The molecular weight excluding hydrogens is 264 g/mol. The van der Waals surface area contributed by atoms with E-state index in [4.69, 9.17) is 9.47 Å². The normalized spacial score (nSPS) is 41.2. The molecule has 2 aliphatic rings. The Labute approximate surface area is 129 Å². The average Bonchev–Trinajstić information content (AvgIpc) is 2.83. The van der Waals surface area contributed by atoms with Crippen molar-refractivity contribution in [1.29, 1.82) is 0 Å². The highest BCUT2D eigenvalue weighted by atomic mass is 16.5. The summed E-state index contributed by atoms with van der Waals surface area (Å²) in [6, 6.07) is 0. The minimum Gasteiger partial charge on any atom is -0.463 e. The predicted octanol–water partition coefficient (Wildman–Crippen LogP) is 3.97. The average molecular weight is 294 g/mol. The molecule has 0 aromatic heterocycles. The number of allylic oxidation sites excluding steroid dienone is 1. The van der Waals surface area contributed by atoms with Gasteiger partial charge in [-0.05, 0) is 42.1 Å². The smallest absolute Gasteiger partial charge is 0.302 e. The summed E-state index contributed by atoms with van der Waals surface area (Å²) in [6.07, 6.45) is 4.11. The van der Waals surface area contributed by atoms with Crippen molar-refractivity contribution >= 4 is 5.97 Å². The molecule has 0 amide bonds. The van der Waals surface area contributed by atoms with Gasteiger partial charge in [0.05, 0.1) is 13.2 Å². The van der Waals surface area contributed by atoms with Gasteiger partial charge in [0.15, 0.2) is 0 Å². The zero-order chi connectivity index (χ0) is 15.8. The molecule has 3 heteroatoms. The molecule has 1 aliphatic carbocycles. The van der Waals surface area contributed by atoms with E-state index in [1.807, 2.05) is 0 Å². The van der Waals surface area contributed by atoms with Crippen LogP contribution >= 0.6 is 0 Å². The second kappa shape index (κ2) is 5.75. The Morgan fingerprint density at radius 3 is 2.57 bits per heavy atom. The molecule has 1 saturated carbocycles. The van der Waals surface area contributed by atoms with Gasteiger partial charge in [0.2, 0.25) is 0 Å². The summed E-state index contributed by atoms with van der Waals surface area (Å²) in [4.78, 5) is 11.4. The molecule has 0 spiro atoms. The summed E-state index contributed by atoms with van der Waals surface area (Å²) in [5.41, 5.74) is 1.68. The molecular formula is C18H30O3. The molecule has 120 valence electrons. The lowest BCUT2D eigenvalue weighted by Gasteiger charge is -2.54. The monoisotopic (exact) mass is 294 g/mol. The Kier molecular flexibility index (Phi) is 4.53. The topological polar surface area (TPSA) is 35.5 Å². The highest BCUT2D eigenvalue weighted by Crippen LogP contribution is 2.57. The second-order valence-corrected chi connectivity index (χ2v) is 7.79. The number of esters is 1. The maximum atomic E-state index is 11.4. The molecule has 0 aromatic carbocycles. The molecule has 21 heavy (non-hydrogen) atoms. The summed E-state index contributed by atoms with van der Waals surface area (Å²) in [7, 11) is 0. The Bertz CT molecular complexity index is 438. The van der Waals surface area contributed by atoms with Crippen LogP contribution in [-0.4, -0.2) is 25.3 Å². The molecule has 0 N–H and O–H groups in total. The summed E-state index contributed by atoms with van der Waals surface area (Å²) in [5, 5.41) is 0. The third kappa shape index (κ3) is 3.03. The largest absolute Gasteiger partial charge is 0.463 e. The summed E-state index contributed by atoms with van der Waals surface area (Å²) >= 11 is 0. The van der Waals surface area contributed by atoms with Crippen molar-refractivity contribution in [2.75, 3.05) is 13.2 Å². The van der Waals surface area contributed by atoms with E-state index in [1.165, 1.54) is 12.5 Å². The van der Waals surface area contributed by atoms with Crippen LogP contribution in [0.25, 0.3) is 0 Å². The lowest BCUT2D eigenvalue weighted by Crippen LogP contribution is -2.50. The van der Waals surface area contributed by atoms with Crippen molar-refractivity contribution < 1.29 is 14.3 Å². The van der Waals surface area contributed by atoms with E-state index in [0.29, 0.717) is 11.8 Å². The zero-order valence-electron chi connectivity index (χ0n) is 14.4. The van der Waals surface area contributed by atoms with Gasteiger partial charge in [0, 0.05) is 12.8 Å². The first-order valence-electron chi connectivity index (χ1n) is 8.10. The van der Waals surface area contributed by atoms with Crippen LogP contribution in [0.15, 0.2) is 11.6 Å². The van der Waals surface area contributed by atoms with Crippen molar-refractivity contribution in [1.82, 2.24) is 0 Å². The number of hydrogen-bond acceptors (Lipinski definition) is 3. The SMILES string of the molecule is C/C=C1/COCC1C1(C)CC(OC(C)=O)CC(C)(C)C1C. The molecule has 0 radical (unpaired) electrons. The van der Waals surface area contributed by atoms with Crippen LogP contribution in [0.4, 0.5) is 0 Å². The van der Waals surface area contributed by atoms with E-state index >= 15 is 0 Å². The third-order valence-electron chi connectivity index (χ3n) is 6.08. The predicted molar refractivity (Wildman–Crippen MR) is 83.9 cm³/mol. The van der Waals surface area contributed by atoms with E-state index in [0.717, 1.165) is 26.1 Å². The molecule has 1 heterocycles. The molecule has 2 rings (SSSR count). The molecule has 4 unspecified atom stereocenters.